The first-order valence-corrected chi connectivity index (χ1v) is 6.21. The van der Waals surface area contributed by atoms with Crippen LogP contribution in [0, 0.1) is 0 Å². The standard InChI is InChI=1S/C12H16N3S/c1-4-15(2,3)11-9-16-12(14-11)10-5-7-13-8-6-10/h5-9H,4H2,1-3H3/q+1. The average Bonchev–Trinajstić information content (AvgIpc) is 2.80. The molecule has 0 aliphatic heterocycles. The predicted molar refractivity (Wildman–Crippen MR) is 69.5 cm³/mol. The zero-order valence-electron chi connectivity index (χ0n) is 9.84. The van der Waals surface area contributed by atoms with Crippen molar-refractivity contribution in [3.63, 3.8) is 0 Å². The summed E-state index contributed by atoms with van der Waals surface area (Å²) in [5, 5.41) is 3.20. The molecule has 0 radical (unpaired) electrons. The van der Waals surface area contributed by atoms with E-state index in [0.717, 1.165) is 27.4 Å². The fraction of sp³-hybridized carbons (Fsp3) is 0.333. The second kappa shape index (κ2) is 4.31. The summed E-state index contributed by atoms with van der Waals surface area (Å²) in [5.41, 5.74) is 1.14. The maximum absolute atomic E-state index is 4.69. The quantitative estimate of drug-likeness (QED) is 0.763. The van der Waals surface area contributed by atoms with E-state index in [9.17, 15) is 0 Å². The Kier molecular flexibility index (Phi) is 3.03. The summed E-state index contributed by atoms with van der Waals surface area (Å²) in [7, 11) is 4.34. The molecular weight excluding hydrogens is 218 g/mol. The highest BCUT2D eigenvalue weighted by molar-refractivity contribution is 7.13. The Morgan fingerprint density at radius 1 is 1.25 bits per heavy atom. The number of rotatable bonds is 3. The van der Waals surface area contributed by atoms with E-state index in [1.54, 1.807) is 23.7 Å². The molecule has 0 unspecified atom stereocenters. The fourth-order valence-electron chi connectivity index (χ4n) is 1.33. The van der Waals surface area contributed by atoms with E-state index < -0.39 is 0 Å². The number of nitrogens with zero attached hydrogens (tertiary/aromatic N) is 3. The average molecular weight is 234 g/mol. The van der Waals surface area contributed by atoms with Crippen LogP contribution in [0.2, 0.25) is 0 Å². The largest absolute Gasteiger partial charge is 0.279 e. The highest BCUT2D eigenvalue weighted by Gasteiger charge is 2.20. The maximum atomic E-state index is 4.69. The summed E-state index contributed by atoms with van der Waals surface area (Å²) < 4.78 is 0.821. The van der Waals surface area contributed by atoms with Crippen molar-refractivity contribution < 1.29 is 0 Å². The predicted octanol–water partition coefficient (Wildman–Crippen LogP) is 2.79. The molecule has 2 aromatic rings. The van der Waals surface area contributed by atoms with Gasteiger partial charge in [-0.2, -0.15) is 4.98 Å². The third-order valence-electron chi connectivity index (χ3n) is 2.83. The number of pyridine rings is 1. The first-order valence-electron chi connectivity index (χ1n) is 5.33. The molecule has 2 rings (SSSR count). The van der Waals surface area contributed by atoms with Crippen molar-refractivity contribution in [3.8, 4) is 10.6 Å². The van der Waals surface area contributed by atoms with Gasteiger partial charge in [-0.3, -0.25) is 9.47 Å². The van der Waals surface area contributed by atoms with E-state index in [0.29, 0.717) is 0 Å². The Labute approximate surface area is 100.0 Å². The summed E-state index contributed by atoms with van der Waals surface area (Å²) in [6.45, 7) is 3.21. The zero-order valence-corrected chi connectivity index (χ0v) is 10.7. The minimum absolute atomic E-state index is 0.821. The topological polar surface area (TPSA) is 25.8 Å². The van der Waals surface area contributed by atoms with Gasteiger partial charge < -0.3 is 0 Å². The number of hydrogen-bond acceptors (Lipinski definition) is 3. The molecule has 0 saturated carbocycles. The fourth-order valence-corrected chi connectivity index (χ4v) is 2.31. The van der Waals surface area contributed by atoms with Crippen molar-refractivity contribution in [1.82, 2.24) is 14.5 Å². The molecule has 84 valence electrons. The Morgan fingerprint density at radius 2 is 1.94 bits per heavy atom. The van der Waals surface area contributed by atoms with Crippen LogP contribution in [-0.4, -0.2) is 30.6 Å². The van der Waals surface area contributed by atoms with Crippen LogP contribution in [0.25, 0.3) is 10.6 Å². The number of aromatic nitrogens is 2. The molecule has 0 aromatic carbocycles. The number of quaternary nitrogens is 1. The molecule has 0 aliphatic carbocycles. The highest BCUT2D eigenvalue weighted by Crippen LogP contribution is 2.28. The number of thiazole rings is 1. The SMILES string of the molecule is CC[N+](C)(C)c1csc(-c2ccncc2)n1. The van der Waals surface area contributed by atoms with Crippen LogP contribution in [0.4, 0.5) is 5.82 Å². The third kappa shape index (κ3) is 2.13. The second-order valence-corrected chi connectivity index (χ2v) is 5.11. The molecular formula is C12H16N3S+. The van der Waals surface area contributed by atoms with Gasteiger partial charge in [0.05, 0.1) is 26.0 Å². The Bertz CT molecular complexity index is 462. The van der Waals surface area contributed by atoms with Gasteiger partial charge in [0.1, 0.15) is 5.01 Å². The van der Waals surface area contributed by atoms with Crippen LogP contribution < -0.4 is 4.48 Å². The summed E-state index contributed by atoms with van der Waals surface area (Å²) in [5.74, 6) is 1.12. The normalized spacial score (nSPS) is 11.7. The van der Waals surface area contributed by atoms with E-state index >= 15 is 0 Å². The third-order valence-corrected chi connectivity index (χ3v) is 3.71. The van der Waals surface area contributed by atoms with Crippen molar-refractivity contribution in [2.45, 2.75) is 6.92 Å². The molecule has 0 aliphatic rings. The van der Waals surface area contributed by atoms with E-state index in [-0.39, 0.29) is 0 Å². The lowest BCUT2D eigenvalue weighted by molar-refractivity contribution is 0.412. The lowest BCUT2D eigenvalue weighted by Crippen LogP contribution is -2.40. The van der Waals surface area contributed by atoms with Gasteiger partial charge in [-0.25, -0.2) is 0 Å². The molecule has 16 heavy (non-hydrogen) atoms. The Hall–Kier alpha value is -1.26. The molecule has 0 atom stereocenters. The Morgan fingerprint density at radius 3 is 2.56 bits per heavy atom. The van der Waals surface area contributed by atoms with E-state index in [2.05, 4.69) is 36.4 Å². The van der Waals surface area contributed by atoms with Crippen LogP contribution in [0.5, 0.6) is 0 Å². The van der Waals surface area contributed by atoms with Gasteiger partial charge in [0, 0.05) is 18.0 Å². The molecule has 2 heterocycles. The smallest absolute Gasteiger partial charge is 0.238 e. The molecule has 0 bridgehead atoms. The molecule has 0 amide bonds. The lowest BCUT2D eigenvalue weighted by Gasteiger charge is -2.24. The van der Waals surface area contributed by atoms with E-state index in [4.69, 9.17) is 0 Å². The van der Waals surface area contributed by atoms with Gasteiger partial charge in [0.25, 0.3) is 0 Å². The molecule has 3 nitrogen and oxygen atoms in total. The zero-order chi connectivity index (χ0) is 11.6. The summed E-state index contributed by atoms with van der Waals surface area (Å²) in [6.07, 6.45) is 3.60. The summed E-state index contributed by atoms with van der Waals surface area (Å²) >= 11 is 1.69. The van der Waals surface area contributed by atoms with Crippen molar-refractivity contribution >= 4 is 17.2 Å². The van der Waals surface area contributed by atoms with Crippen LogP contribution in [0.3, 0.4) is 0 Å². The Balaban J connectivity index is 2.34. The minimum Gasteiger partial charge on any atom is -0.279 e. The van der Waals surface area contributed by atoms with Crippen molar-refractivity contribution in [3.05, 3.63) is 29.9 Å². The van der Waals surface area contributed by atoms with Crippen molar-refractivity contribution in [2.75, 3.05) is 20.6 Å². The first-order chi connectivity index (χ1) is 7.63. The summed E-state index contributed by atoms with van der Waals surface area (Å²) in [4.78, 5) is 8.70. The van der Waals surface area contributed by atoms with Crippen LogP contribution in [-0.2, 0) is 0 Å². The van der Waals surface area contributed by atoms with Gasteiger partial charge in [0.15, 0.2) is 0 Å². The van der Waals surface area contributed by atoms with Gasteiger partial charge in [-0.15, -0.1) is 11.3 Å². The van der Waals surface area contributed by atoms with Gasteiger partial charge in [-0.1, -0.05) is 0 Å². The molecule has 0 N–H and O–H groups in total. The monoisotopic (exact) mass is 234 g/mol. The molecule has 0 fully saturated rings. The first kappa shape index (κ1) is 11.2. The highest BCUT2D eigenvalue weighted by atomic mass is 32.1. The molecule has 0 spiro atoms. The van der Waals surface area contributed by atoms with Crippen LogP contribution >= 0.6 is 11.3 Å². The van der Waals surface area contributed by atoms with Crippen LogP contribution in [0.15, 0.2) is 29.9 Å². The second-order valence-electron chi connectivity index (χ2n) is 4.25. The summed E-state index contributed by atoms with van der Waals surface area (Å²) in [6, 6.07) is 3.99. The van der Waals surface area contributed by atoms with Gasteiger partial charge in [0.2, 0.25) is 5.82 Å². The number of hydrogen-bond donors (Lipinski definition) is 0. The van der Waals surface area contributed by atoms with Gasteiger partial charge in [-0.05, 0) is 19.1 Å². The van der Waals surface area contributed by atoms with E-state index in [1.807, 2.05) is 12.1 Å². The minimum atomic E-state index is 0.821. The molecule has 0 saturated heterocycles. The maximum Gasteiger partial charge on any atom is 0.238 e. The van der Waals surface area contributed by atoms with Crippen molar-refractivity contribution in [2.24, 2.45) is 0 Å². The van der Waals surface area contributed by atoms with Gasteiger partial charge >= 0.3 is 0 Å². The van der Waals surface area contributed by atoms with Crippen molar-refractivity contribution in [1.29, 1.82) is 0 Å². The van der Waals surface area contributed by atoms with E-state index in [1.165, 1.54) is 0 Å². The lowest BCUT2D eigenvalue weighted by atomic mass is 10.3. The van der Waals surface area contributed by atoms with Crippen LogP contribution in [0.1, 0.15) is 6.92 Å². The molecule has 2 aromatic heterocycles. The molecule has 4 heteroatoms.